The molecule has 0 heterocycles. The van der Waals surface area contributed by atoms with Crippen LogP contribution in [0.1, 0.15) is 25.3 Å². The Kier molecular flexibility index (Phi) is 12.2. The minimum atomic E-state index is -4.64. The summed E-state index contributed by atoms with van der Waals surface area (Å²) in [5.74, 6) is 0. The van der Waals surface area contributed by atoms with Crippen molar-refractivity contribution in [2.24, 2.45) is 0 Å². The second-order valence-electron chi connectivity index (χ2n) is 3.00. The molecule has 86 valence electrons. The van der Waals surface area contributed by atoms with Gasteiger partial charge in [-0.25, -0.2) is 4.57 Å². The Hall–Kier alpha value is 0.330. The van der Waals surface area contributed by atoms with E-state index in [9.17, 15) is 0 Å². The van der Waals surface area contributed by atoms with Crippen LogP contribution in [0.25, 0.3) is 0 Å². The maximum absolute atomic E-state index is 8.88. The van der Waals surface area contributed by atoms with Crippen LogP contribution in [0.3, 0.4) is 0 Å². The predicted molar refractivity (Wildman–Crippen MR) is 58.2 cm³/mol. The summed E-state index contributed by atoms with van der Waals surface area (Å²) in [5, 5.41) is 0. The average molecular weight is 254 g/mol. The molecule has 6 heteroatoms. The zero-order chi connectivity index (χ0) is 11.7. The Bertz CT molecular complexity index is 291. The minimum Gasteiger partial charge on any atom is -0.303 e. The molecular formula is C10H16NaO4P. The normalized spacial score (nSPS) is 9.75. The molecule has 0 amide bonds. The van der Waals surface area contributed by atoms with E-state index in [0.29, 0.717) is 0 Å². The van der Waals surface area contributed by atoms with Crippen LogP contribution in [-0.2, 0) is 11.0 Å². The molecular weight excluding hydrogens is 238 g/mol. The van der Waals surface area contributed by atoms with E-state index in [1.807, 2.05) is 12.1 Å². The summed E-state index contributed by atoms with van der Waals surface area (Å²) in [5.41, 5.74) is 1.34. The molecule has 0 radical (unpaired) electrons. The predicted octanol–water partition coefficient (Wildman–Crippen LogP) is -1.10. The SMILES string of the molecule is CCCCc1[c-]cccc1.O=P(O)(O)O.[Na+]. The first-order chi connectivity index (χ1) is 6.93. The molecule has 0 aliphatic carbocycles. The quantitative estimate of drug-likeness (QED) is 0.364. The monoisotopic (exact) mass is 254 g/mol. The number of rotatable bonds is 3. The molecule has 0 fully saturated rings. The smallest absolute Gasteiger partial charge is 0.303 e. The Balaban J connectivity index is 0. The fourth-order valence-electron chi connectivity index (χ4n) is 0.953. The number of phosphoric acid groups is 1. The van der Waals surface area contributed by atoms with Gasteiger partial charge in [-0.3, -0.25) is 0 Å². The fourth-order valence-corrected chi connectivity index (χ4v) is 0.953. The number of unbranched alkanes of at least 4 members (excludes halogenated alkanes) is 1. The van der Waals surface area contributed by atoms with Crippen molar-refractivity contribution in [3.05, 3.63) is 35.9 Å². The first-order valence-corrected chi connectivity index (χ1v) is 6.24. The molecule has 4 nitrogen and oxygen atoms in total. The molecule has 1 aromatic rings. The molecule has 0 aliphatic rings. The maximum Gasteiger partial charge on any atom is 1.00 e. The van der Waals surface area contributed by atoms with Gasteiger partial charge in [0, 0.05) is 0 Å². The van der Waals surface area contributed by atoms with Crippen molar-refractivity contribution in [1.29, 1.82) is 0 Å². The van der Waals surface area contributed by atoms with Crippen LogP contribution in [0.15, 0.2) is 24.3 Å². The van der Waals surface area contributed by atoms with Gasteiger partial charge in [-0.2, -0.15) is 35.9 Å². The summed E-state index contributed by atoms with van der Waals surface area (Å²) >= 11 is 0. The van der Waals surface area contributed by atoms with E-state index in [4.69, 9.17) is 19.2 Å². The summed E-state index contributed by atoms with van der Waals surface area (Å²) in [7, 11) is -4.64. The van der Waals surface area contributed by atoms with E-state index in [-0.39, 0.29) is 29.6 Å². The van der Waals surface area contributed by atoms with Crippen LogP contribution < -0.4 is 29.6 Å². The zero-order valence-corrected chi connectivity index (χ0v) is 12.5. The number of aryl methyl sites for hydroxylation is 1. The molecule has 0 aliphatic heterocycles. The van der Waals surface area contributed by atoms with Gasteiger partial charge in [0.15, 0.2) is 0 Å². The van der Waals surface area contributed by atoms with Crippen molar-refractivity contribution in [3.63, 3.8) is 0 Å². The third-order valence-electron chi connectivity index (χ3n) is 1.57. The van der Waals surface area contributed by atoms with Gasteiger partial charge in [0.2, 0.25) is 0 Å². The van der Waals surface area contributed by atoms with E-state index in [0.717, 1.165) is 0 Å². The van der Waals surface area contributed by atoms with Gasteiger partial charge in [0.05, 0.1) is 0 Å². The van der Waals surface area contributed by atoms with Gasteiger partial charge >= 0.3 is 37.4 Å². The summed E-state index contributed by atoms with van der Waals surface area (Å²) < 4.78 is 8.88. The Morgan fingerprint density at radius 3 is 2.25 bits per heavy atom. The van der Waals surface area contributed by atoms with Gasteiger partial charge in [0.1, 0.15) is 0 Å². The van der Waals surface area contributed by atoms with Gasteiger partial charge in [-0.15, -0.1) is 0 Å². The second-order valence-corrected chi connectivity index (χ2v) is 4.03. The average Bonchev–Trinajstić information content (AvgIpc) is 2.14. The summed E-state index contributed by atoms with van der Waals surface area (Å²) in [6, 6.07) is 11.4. The van der Waals surface area contributed by atoms with Gasteiger partial charge < -0.3 is 14.7 Å². The van der Waals surface area contributed by atoms with Crippen LogP contribution in [-0.4, -0.2) is 14.7 Å². The van der Waals surface area contributed by atoms with Crippen molar-refractivity contribution < 1.29 is 48.8 Å². The van der Waals surface area contributed by atoms with Crippen molar-refractivity contribution in [1.82, 2.24) is 0 Å². The van der Waals surface area contributed by atoms with E-state index >= 15 is 0 Å². The fraction of sp³-hybridized carbons (Fsp3) is 0.400. The topological polar surface area (TPSA) is 77.8 Å². The molecule has 0 aromatic heterocycles. The Labute approximate surface area is 118 Å². The van der Waals surface area contributed by atoms with Crippen LogP contribution >= 0.6 is 7.82 Å². The zero-order valence-electron chi connectivity index (χ0n) is 9.63. The van der Waals surface area contributed by atoms with Crippen molar-refractivity contribution in [3.8, 4) is 0 Å². The number of hydrogen-bond acceptors (Lipinski definition) is 1. The molecule has 0 bridgehead atoms. The van der Waals surface area contributed by atoms with Crippen molar-refractivity contribution in [2.75, 3.05) is 0 Å². The maximum atomic E-state index is 8.88. The molecule has 0 atom stereocenters. The summed E-state index contributed by atoms with van der Waals surface area (Å²) in [4.78, 5) is 21.6. The molecule has 1 rings (SSSR count). The summed E-state index contributed by atoms with van der Waals surface area (Å²) in [6.45, 7) is 2.21. The molecule has 0 spiro atoms. The largest absolute Gasteiger partial charge is 1.00 e. The van der Waals surface area contributed by atoms with E-state index in [1.165, 1.54) is 24.8 Å². The van der Waals surface area contributed by atoms with Crippen LogP contribution in [0, 0.1) is 6.07 Å². The van der Waals surface area contributed by atoms with Gasteiger partial charge in [-0.05, 0) is 0 Å². The third kappa shape index (κ3) is 16.7. The third-order valence-corrected chi connectivity index (χ3v) is 1.57. The van der Waals surface area contributed by atoms with Crippen LogP contribution in [0.2, 0.25) is 0 Å². The van der Waals surface area contributed by atoms with Crippen LogP contribution in [0.5, 0.6) is 0 Å². The van der Waals surface area contributed by atoms with Crippen molar-refractivity contribution in [2.45, 2.75) is 26.2 Å². The minimum absolute atomic E-state index is 0. The van der Waals surface area contributed by atoms with Crippen molar-refractivity contribution >= 4 is 7.82 Å². The summed E-state index contributed by atoms with van der Waals surface area (Å²) in [6.07, 6.45) is 3.72. The first-order valence-electron chi connectivity index (χ1n) is 4.67. The second kappa shape index (κ2) is 10.5. The molecule has 0 unspecified atom stereocenters. The molecule has 0 saturated carbocycles. The molecule has 1 aromatic carbocycles. The van der Waals surface area contributed by atoms with E-state index in [2.05, 4.69) is 25.1 Å². The Morgan fingerprint density at radius 2 is 1.88 bits per heavy atom. The molecule has 16 heavy (non-hydrogen) atoms. The standard InChI is InChI=1S/C10H13.Na.H3O4P/c1-2-3-7-10-8-5-4-6-9-10;;1-5(2,3)4/h4-6,8H,2-3,7H2,1H3;;(H3,1,2,3,4)/q-1;+1;. The number of hydrogen-bond donors (Lipinski definition) is 3. The Morgan fingerprint density at radius 1 is 1.31 bits per heavy atom. The van der Waals surface area contributed by atoms with E-state index < -0.39 is 7.82 Å². The first kappa shape index (κ1) is 18.7. The van der Waals surface area contributed by atoms with E-state index in [1.54, 1.807) is 0 Å². The van der Waals surface area contributed by atoms with Gasteiger partial charge in [0.25, 0.3) is 0 Å². The van der Waals surface area contributed by atoms with Gasteiger partial charge in [-0.1, -0.05) is 26.2 Å². The molecule has 3 N–H and O–H groups in total. The number of benzene rings is 1. The van der Waals surface area contributed by atoms with Crippen LogP contribution in [0.4, 0.5) is 0 Å². The molecule has 0 saturated heterocycles.